The van der Waals surface area contributed by atoms with Crippen LogP contribution < -0.4 is 14.8 Å². The van der Waals surface area contributed by atoms with Crippen LogP contribution in [0.3, 0.4) is 0 Å². The minimum absolute atomic E-state index is 0.133. The quantitative estimate of drug-likeness (QED) is 0.779. The monoisotopic (exact) mass is 418 g/mol. The number of rotatable bonds is 6. The summed E-state index contributed by atoms with van der Waals surface area (Å²) in [7, 11) is -0.760. The van der Waals surface area contributed by atoms with Gasteiger partial charge in [-0.05, 0) is 49.6 Å². The van der Waals surface area contributed by atoms with Crippen LogP contribution in [0.15, 0.2) is 47.4 Å². The number of ether oxygens (including phenoxy) is 2. The standard InChI is InChI=1S/C21H26N2O5S/c1-15-9-10-19(28-3)20(12-15)29(25,26)23-11-5-6-16(14-23)21(24)22-17-7-4-8-18(13-17)27-2/h4,7-10,12-13,16H,5-6,11,14H2,1-3H3,(H,22,24)/t16-/m1/s1. The Hall–Kier alpha value is -2.58. The maximum Gasteiger partial charge on any atom is 0.246 e. The second-order valence-corrected chi connectivity index (χ2v) is 8.98. The molecule has 0 saturated carbocycles. The molecule has 2 aromatic carbocycles. The Balaban J connectivity index is 1.77. The van der Waals surface area contributed by atoms with Crippen molar-refractivity contribution in [3.63, 3.8) is 0 Å². The van der Waals surface area contributed by atoms with Gasteiger partial charge in [-0.1, -0.05) is 12.1 Å². The molecule has 0 aromatic heterocycles. The van der Waals surface area contributed by atoms with Gasteiger partial charge in [0.2, 0.25) is 15.9 Å². The number of carbonyl (C=O) groups is 1. The molecule has 7 nitrogen and oxygen atoms in total. The zero-order chi connectivity index (χ0) is 21.0. The van der Waals surface area contributed by atoms with E-state index in [1.54, 1.807) is 49.6 Å². The molecule has 1 fully saturated rings. The smallest absolute Gasteiger partial charge is 0.246 e. The number of anilines is 1. The summed E-state index contributed by atoms with van der Waals surface area (Å²) < 4.78 is 38.3. The van der Waals surface area contributed by atoms with Gasteiger partial charge in [-0.15, -0.1) is 0 Å². The average molecular weight is 419 g/mol. The molecule has 3 rings (SSSR count). The number of aryl methyl sites for hydroxylation is 1. The van der Waals surface area contributed by atoms with Crippen molar-refractivity contribution in [2.24, 2.45) is 5.92 Å². The van der Waals surface area contributed by atoms with E-state index < -0.39 is 15.9 Å². The number of benzene rings is 2. The van der Waals surface area contributed by atoms with E-state index >= 15 is 0 Å². The van der Waals surface area contributed by atoms with E-state index in [0.717, 1.165) is 5.56 Å². The number of hydrogen-bond acceptors (Lipinski definition) is 5. The van der Waals surface area contributed by atoms with Gasteiger partial charge in [-0.25, -0.2) is 8.42 Å². The summed E-state index contributed by atoms with van der Waals surface area (Å²) >= 11 is 0. The van der Waals surface area contributed by atoms with Crippen LogP contribution in [0.4, 0.5) is 5.69 Å². The van der Waals surface area contributed by atoms with Gasteiger partial charge in [0.1, 0.15) is 16.4 Å². The van der Waals surface area contributed by atoms with Crippen LogP contribution in [0.2, 0.25) is 0 Å². The van der Waals surface area contributed by atoms with Crippen molar-refractivity contribution in [1.82, 2.24) is 4.31 Å². The van der Waals surface area contributed by atoms with Crippen molar-refractivity contribution in [3.8, 4) is 11.5 Å². The van der Waals surface area contributed by atoms with Crippen molar-refractivity contribution < 1.29 is 22.7 Å². The third-order valence-corrected chi connectivity index (χ3v) is 6.92. The Kier molecular flexibility index (Phi) is 6.44. The molecule has 29 heavy (non-hydrogen) atoms. The third-order valence-electron chi connectivity index (χ3n) is 5.03. The molecule has 1 aliphatic rings. The maximum atomic E-state index is 13.2. The highest BCUT2D eigenvalue weighted by Crippen LogP contribution is 2.31. The summed E-state index contributed by atoms with van der Waals surface area (Å²) in [6.45, 7) is 2.34. The van der Waals surface area contributed by atoms with Crippen LogP contribution >= 0.6 is 0 Å². The number of nitrogens with zero attached hydrogens (tertiary/aromatic N) is 1. The fraction of sp³-hybridized carbons (Fsp3) is 0.381. The number of sulfonamides is 1. The minimum Gasteiger partial charge on any atom is -0.497 e. The van der Waals surface area contributed by atoms with Crippen LogP contribution in [-0.4, -0.2) is 45.9 Å². The van der Waals surface area contributed by atoms with Gasteiger partial charge in [-0.2, -0.15) is 4.31 Å². The van der Waals surface area contributed by atoms with Crippen LogP contribution in [0.1, 0.15) is 18.4 Å². The first kappa shape index (κ1) is 21.1. The fourth-order valence-corrected chi connectivity index (χ4v) is 5.21. The molecule has 0 radical (unpaired) electrons. The van der Waals surface area contributed by atoms with Gasteiger partial charge in [-0.3, -0.25) is 4.79 Å². The molecule has 1 N–H and O–H groups in total. The van der Waals surface area contributed by atoms with E-state index in [1.165, 1.54) is 11.4 Å². The molecule has 0 spiro atoms. The number of nitrogens with one attached hydrogen (secondary N) is 1. The summed E-state index contributed by atoms with van der Waals surface area (Å²) in [6.07, 6.45) is 1.25. The van der Waals surface area contributed by atoms with E-state index in [1.807, 2.05) is 6.92 Å². The van der Waals surface area contributed by atoms with Gasteiger partial charge in [0.15, 0.2) is 0 Å². The van der Waals surface area contributed by atoms with Gasteiger partial charge in [0, 0.05) is 24.8 Å². The van der Waals surface area contributed by atoms with E-state index in [4.69, 9.17) is 9.47 Å². The van der Waals surface area contributed by atoms with Crippen LogP contribution in [0.25, 0.3) is 0 Å². The highest BCUT2D eigenvalue weighted by atomic mass is 32.2. The predicted octanol–water partition coefficient (Wildman–Crippen LogP) is 3.05. The molecule has 0 aliphatic carbocycles. The summed E-state index contributed by atoms with van der Waals surface area (Å²) in [5, 5.41) is 2.86. The molecule has 8 heteroatoms. The highest BCUT2D eigenvalue weighted by molar-refractivity contribution is 7.89. The molecule has 156 valence electrons. The topological polar surface area (TPSA) is 84.9 Å². The lowest BCUT2D eigenvalue weighted by Crippen LogP contribution is -2.43. The van der Waals surface area contributed by atoms with E-state index in [9.17, 15) is 13.2 Å². The van der Waals surface area contributed by atoms with Crippen molar-refractivity contribution in [1.29, 1.82) is 0 Å². The summed E-state index contributed by atoms with van der Waals surface area (Å²) in [6, 6.07) is 12.1. The SMILES string of the molecule is COc1cccc(NC(=O)[C@@H]2CCCN(S(=O)(=O)c3cc(C)ccc3OC)C2)c1. The van der Waals surface area contributed by atoms with Crippen molar-refractivity contribution in [3.05, 3.63) is 48.0 Å². The lowest BCUT2D eigenvalue weighted by molar-refractivity contribution is -0.120. The molecule has 1 amide bonds. The summed E-state index contributed by atoms with van der Waals surface area (Å²) in [5.74, 6) is 0.315. The first-order chi connectivity index (χ1) is 13.8. The molecule has 0 unspecified atom stereocenters. The van der Waals surface area contributed by atoms with Crippen LogP contribution in [0, 0.1) is 12.8 Å². The van der Waals surface area contributed by atoms with Gasteiger partial charge in [0.05, 0.1) is 20.1 Å². The van der Waals surface area contributed by atoms with Crippen LogP contribution in [-0.2, 0) is 14.8 Å². The third kappa shape index (κ3) is 4.71. The molecule has 0 bridgehead atoms. The second kappa shape index (κ2) is 8.84. The Morgan fingerprint density at radius 1 is 1.14 bits per heavy atom. The van der Waals surface area contributed by atoms with E-state index in [2.05, 4.69) is 5.32 Å². The molecule has 1 heterocycles. The lowest BCUT2D eigenvalue weighted by atomic mass is 9.98. The first-order valence-corrected chi connectivity index (χ1v) is 10.9. The molecule has 2 aromatic rings. The van der Waals surface area contributed by atoms with Crippen molar-refractivity contribution >= 4 is 21.6 Å². The minimum atomic E-state index is -3.77. The zero-order valence-electron chi connectivity index (χ0n) is 16.8. The van der Waals surface area contributed by atoms with Gasteiger partial charge < -0.3 is 14.8 Å². The van der Waals surface area contributed by atoms with E-state index in [-0.39, 0.29) is 17.3 Å². The molecule has 1 saturated heterocycles. The maximum absolute atomic E-state index is 13.2. The Morgan fingerprint density at radius 3 is 2.66 bits per heavy atom. The summed E-state index contributed by atoms with van der Waals surface area (Å²) in [4.78, 5) is 12.9. The predicted molar refractivity (Wildman–Crippen MR) is 111 cm³/mol. The van der Waals surface area contributed by atoms with Gasteiger partial charge >= 0.3 is 0 Å². The van der Waals surface area contributed by atoms with Crippen molar-refractivity contribution in [2.45, 2.75) is 24.7 Å². The normalized spacial score (nSPS) is 17.6. The largest absolute Gasteiger partial charge is 0.497 e. The molecular weight excluding hydrogens is 392 g/mol. The first-order valence-electron chi connectivity index (χ1n) is 9.45. The fourth-order valence-electron chi connectivity index (χ4n) is 3.44. The average Bonchev–Trinajstić information content (AvgIpc) is 2.74. The Morgan fingerprint density at radius 2 is 1.93 bits per heavy atom. The van der Waals surface area contributed by atoms with Crippen LogP contribution in [0.5, 0.6) is 11.5 Å². The van der Waals surface area contributed by atoms with Crippen molar-refractivity contribution in [2.75, 3.05) is 32.6 Å². The highest BCUT2D eigenvalue weighted by Gasteiger charge is 2.35. The second-order valence-electron chi connectivity index (χ2n) is 7.08. The molecule has 1 aliphatic heterocycles. The number of amides is 1. The zero-order valence-corrected chi connectivity index (χ0v) is 17.7. The van der Waals surface area contributed by atoms with E-state index in [0.29, 0.717) is 36.6 Å². The number of carbonyl (C=O) groups excluding carboxylic acids is 1. The summed E-state index contributed by atoms with van der Waals surface area (Å²) in [5.41, 5.74) is 1.45. The number of hydrogen-bond donors (Lipinski definition) is 1. The number of methoxy groups -OCH3 is 2. The van der Waals surface area contributed by atoms with Gasteiger partial charge in [0.25, 0.3) is 0 Å². The molecular formula is C21H26N2O5S. The lowest BCUT2D eigenvalue weighted by Gasteiger charge is -2.31. The Bertz CT molecular complexity index is 990. The molecule has 1 atom stereocenters. The number of piperidine rings is 1. The Labute approximate surface area is 171 Å².